The molecule has 4 aromatic carbocycles. The van der Waals surface area contributed by atoms with Crippen LogP contribution in [0.2, 0.25) is 0 Å². The van der Waals surface area contributed by atoms with Crippen molar-refractivity contribution >= 4 is 190 Å². The number of aromatic nitrogens is 4. The standard InChI is InChI=1S/4C7H4BrN2S.2ClH.Rh/c4*8-4-1-2-5-6(3-4)11-7(9)10-5;;;/h4*1-3H,(H-,9,10);2*1H;/q4*-1;;;+2/p-2. The molecule has 0 amide bonds. The van der Waals surface area contributed by atoms with Crippen LogP contribution < -0.4 is 0 Å². The van der Waals surface area contributed by atoms with Crippen molar-refractivity contribution in [3.8, 4) is 0 Å². The summed E-state index contributed by atoms with van der Waals surface area (Å²) in [6.45, 7) is 0. The third kappa shape index (κ3) is 12.0. The molecule has 0 bridgehead atoms. The van der Waals surface area contributed by atoms with Gasteiger partial charge in [-0.2, -0.15) is 0 Å². The summed E-state index contributed by atoms with van der Waals surface area (Å²) >= 11 is 18.8. The van der Waals surface area contributed by atoms with E-state index in [0.29, 0.717) is 20.5 Å². The van der Waals surface area contributed by atoms with Crippen LogP contribution in [0.15, 0.2) is 90.7 Å². The summed E-state index contributed by atoms with van der Waals surface area (Å²) in [6.07, 6.45) is 0. The molecule has 0 aliphatic carbocycles. The zero-order valence-electron chi connectivity index (χ0n) is 23.0. The van der Waals surface area contributed by atoms with Gasteiger partial charge in [-0.3, -0.25) is 0 Å². The maximum absolute atomic E-state index is 7.29. The van der Waals surface area contributed by atoms with E-state index >= 15 is 0 Å². The van der Waals surface area contributed by atoms with Gasteiger partial charge in [-0.25, -0.2) is 0 Å². The molecule has 19 heteroatoms. The van der Waals surface area contributed by atoms with Gasteiger partial charge in [0.25, 0.3) is 0 Å². The Kier molecular flexibility index (Phi) is 15.3. The second-order valence-corrected chi connectivity index (χ2v) is 18.8. The molecule has 0 spiro atoms. The number of fused-ring (bicyclic) bond motifs is 4. The van der Waals surface area contributed by atoms with E-state index in [1.807, 2.05) is 72.8 Å². The number of nitrogens with zero attached hydrogens (tertiary/aromatic N) is 4. The van der Waals surface area contributed by atoms with Crippen molar-refractivity contribution in [1.82, 2.24) is 19.9 Å². The van der Waals surface area contributed by atoms with Gasteiger partial charge in [-0.1, -0.05) is 88.0 Å². The van der Waals surface area contributed by atoms with Gasteiger partial charge in [0.15, 0.2) is 0 Å². The molecular formula is C28H16Br4Cl2N8RhS4-4. The second-order valence-electron chi connectivity index (χ2n) is 8.57. The normalized spacial score (nSPS) is 10.4. The SMILES string of the molecule is [Cl][Rh][Cl].[NH-]c1nc2ccc(Br)cc2s1.[NH-]c1nc2ccc(Br)cc2s1.[NH-]c1nc2ccc(Br)cc2s1.[NH-]c1nc2ccc(Br)cc2s1. The molecule has 8 aromatic rings. The summed E-state index contributed by atoms with van der Waals surface area (Å²) in [5.41, 5.74) is 32.8. The number of thiazole rings is 4. The Morgan fingerprint density at radius 1 is 0.426 bits per heavy atom. The van der Waals surface area contributed by atoms with Gasteiger partial charge >= 0.3 is 34.5 Å². The minimum Gasteiger partial charge on any atom is -0.473 e. The largest absolute Gasteiger partial charge is 0.473 e. The first-order valence-corrected chi connectivity index (χ1v) is 23.0. The Labute approximate surface area is 334 Å². The molecule has 0 saturated carbocycles. The summed E-state index contributed by atoms with van der Waals surface area (Å²) in [7, 11) is 9.67. The number of hydrogen-bond acceptors (Lipinski definition) is 8. The van der Waals surface area contributed by atoms with Crippen molar-refractivity contribution in [3.05, 3.63) is 114 Å². The van der Waals surface area contributed by atoms with Crippen LogP contribution in [0.25, 0.3) is 63.8 Å². The molecule has 4 heterocycles. The number of halogens is 6. The molecule has 0 aliphatic heterocycles. The fourth-order valence-electron chi connectivity index (χ4n) is 3.59. The molecular weight excluding hydrogens is 1070 g/mol. The summed E-state index contributed by atoms with van der Waals surface area (Å²) in [5.74, 6) is 0. The quantitative estimate of drug-likeness (QED) is 0.139. The number of hydrogen-bond donors (Lipinski definition) is 0. The maximum atomic E-state index is 7.29. The van der Waals surface area contributed by atoms with Gasteiger partial charge in [0.05, 0.1) is 0 Å². The predicted octanol–water partition coefficient (Wildman–Crippen LogP) is 16.3. The summed E-state index contributed by atoms with van der Waals surface area (Å²) < 4.78 is 8.38. The minimum atomic E-state index is -0.226. The molecule has 0 radical (unpaired) electrons. The molecule has 0 atom stereocenters. The van der Waals surface area contributed by atoms with Crippen molar-refractivity contribution in [1.29, 1.82) is 0 Å². The van der Waals surface area contributed by atoms with Gasteiger partial charge in [0, 0.05) is 36.7 Å². The number of rotatable bonds is 0. The van der Waals surface area contributed by atoms with E-state index in [9.17, 15) is 0 Å². The van der Waals surface area contributed by atoms with E-state index in [4.69, 9.17) is 42.3 Å². The molecule has 47 heavy (non-hydrogen) atoms. The van der Waals surface area contributed by atoms with E-state index in [-0.39, 0.29) is 15.1 Å². The molecule has 4 aromatic heterocycles. The number of benzene rings is 4. The van der Waals surface area contributed by atoms with Crippen LogP contribution >= 0.6 is 128 Å². The van der Waals surface area contributed by atoms with Crippen LogP contribution in [0.1, 0.15) is 0 Å². The fraction of sp³-hybridized carbons (Fsp3) is 0. The van der Waals surface area contributed by atoms with Crippen molar-refractivity contribution in [2.24, 2.45) is 0 Å². The van der Waals surface area contributed by atoms with E-state index in [1.165, 1.54) is 45.3 Å². The average molecular weight is 1090 g/mol. The van der Waals surface area contributed by atoms with Gasteiger partial charge in [-0.15, -0.1) is 45.3 Å². The Bertz CT molecular complexity index is 1930. The van der Waals surface area contributed by atoms with Crippen molar-refractivity contribution in [3.63, 3.8) is 0 Å². The van der Waals surface area contributed by atoms with Crippen LogP contribution in [-0.4, -0.2) is 19.9 Å². The molecule has 8 nitrogen and oxygen atoms in total. The van der Waals surface area contributed by atoms with Crippen LogP contribution in [0.3, 0.4) is 0 Å². The Hall–Kier alpha value is -1.24. The van der Waals surface area contributed by atoms with Crippen LogP contribution in [0.4, 0.5) is 20.5 Å². The van der Waals surface area contributed by atoms with E-state index in [2.05, 4.69) is 83.7 Å². The Morgan fingerprint density at radius 3 is 0.809 bits per heavy atom. The monoisotopic (exact) mass is 1080 g/mol. The number of nitrogens with one attached hydrogen (secondary N) is 4. The predicted molar refractivity (Wildman–Crippen MR) is 217 cm³/mol. The van der Waals surface area contributed by atoms with E-state index in [0.717, 1.165) is 58.8 Å². The van der Waals surface area contributed by atoms with E-state index in [1.54, 1.807) is 0 Å². The summed E-state index contributed by atoms with van der Waals surface area (Å²) in [4.78, 5) is 16.1. The minimum absolute atomic E-state index is 0.226. The van der Waals surface area contributed by atoms with Crippen LogP contribution in [-0.2, 0) is 15.1 Å². The van der Waals surface area contributed by atoms with Gasteiger partial charge in [0.2, 0.25) is 0 Å². The molecule has 247 valence electrons. The molecule has 0 unspecified atom stereocenters. The average Bonchev–Trinajstić information content (AvgIpc) is 3.76. The fourth-order valence-corrected chi connectivity index (χ4v) is 8.67. The summed E-state index contributed by atoms with van der Waals surface area (Å²) in [6, 6.07) is 23.3. The first-order valence-electron chi connectivity index (χ1n) is 12.4. The van der Waals surface area contributed by atoms with Gasteiger partial charge in [-0.05, 0) is 91.1 Å². The van der Waals surface area contributed by atoms with Crippen LogP contribution in [0, 0.1) is 0 Å². The van der Waals surface area contributed by atoms with Crippen molar-refractivity contribution in [2.45, 2.75) is 0 Å². The molecule has 4 N–H and O–H groups in total. The van der Waals surface area contributed by atoms with Gasteiger partial charge < -0.3 is 42.9 Å². The second kappa shape index (κ2) is 18.7. The van der Waals surface area contributed by atoms with Crippen molar-refractivity contribution < 1.29 is 15.1 Å². The first-order chi connectivity index (χ1) is 22.4. The first kappa shape index (κ1) is 38.6. The zero-order valence-corrected chi connectivity index (χ0v) is 35.7. The van der Waals surface area contributed by atoms with E-state index < -0.39 is 0 Å². The molecule has 8 rings (SSSR count). The topological polar surface area (TPSA) is 147 Å². The Balaban J connectivity index is 0.000000138. The van der Waals surface area contributed by atoms with Gasteiger partial charge in [0.1, 0.15) is 0 Å². The Morgan fingerprint density at radius 2 is 0.617 bits per heavy atom. The third-order valence-corrected chi connectivity index (χ3v) is 10.7. The smallest absolute Gasteiger partial charge is 0.0312 e. The zero-order chi connectivity index (χ0) is 34.1. The van der Waals surface area contributed by atoms with Crippen molar-refractivity contribution in [2.75, 3.05) is 0 Å². The summed E-state index contributed by atoms with van der Waals surface area (Å²) in [5, 5.41) is 1.49. The van der Waals surface area contributed by atoms with Crippen LogP contribution in [0.5, 0.6) is 0 Å². The maximum Gasteiger partial charge on any atom is 0.0312 e. The molecule has 0 aliphatic rings. The molecule has 0 fully saturated rings. The third-order valence-electron chi connectivity index (χ3n) is 5.40. The molecule has 0 saturated heterocycles.